The fraction of sp³-hybridized carbons (Fsp3) is 1.00. The summed E-state index contributed by atoms with van der Waals surface area (Å²) < 4.78 is 53.3. The van der Waals surface area contributed by atoms with Crippen molar-refractivity contribution in [2.24, 2.45) is 23.2 Å². The molecule has 4 aliphatic carbocycles. The van der Waals surface area contributed by atoms with Gasteiger partial charge in [0.1, 0.15) is 6.61 Å². The van der Waals surface area contributed by atoms with Gasteiger partial charge in [-0.1, -0.05) is 0 Å². The van der Waals surface area contributed by atoms with Crippen molar-refractivity contribution in [2.75, 3.05) is 19.5 Å². The molecule has 0 aromatic heterocycles. The Balaban J connectivity index is 1.49. The highest BCUT2D eigenvalue weighted by Gasteiger charge is 2.51. The summed E-state index contributed by atoms with van der Waals surface area (Å²) in [6, 6.07) is 0. The molecule has 0 saturated heterocycles. The van der Waals surface area contributed by atoms with Crippen molar-refractivity contribution in [3.63, 3.8) is 0 Å². The smallest absolute Gasteiger partial charge is 0.367 e. The zero-order valence-electron chi connectivity index (χ0n) is 13.5. The van der Waals surface area contributed by atoms with E-state index in [0.29, 0.717) is 12.7 Å². The van der Waals surface area contributed by atoms with Crippen molar-refractivity contribution < 1.29 is 27.0 Å². The van der Waals surface area contributed by atoms with Crippen LogP contribution in [0.25, 0.3) is 0 Å². The average Bonchev–Trinajstić information content (AvgIpc) is 2.34. The van der Waals surface area contributed by atoms with Gasteiger partial charge < -0.3 is 9.84 Å². The Morgan fingerprint density at radius 2 is 1.65 bits per heavy atom. The van der Waals surface area contributed by atoms with Crippen LogP contribution in [0.15, 0.2) is 0 Å². The zero-order chi connectivity index (χ0) is 16.9. The van der Waals surface area contributed by atoms with Gasteiger partial charge in [-0.15, -0.1) is 0 Å². The van der Waals surface area contributed by atoms with Crippen LogP contribution in [0.3, 0.4) is 0 Å². The van der Waals surface area contributed by atoms with E-state index in [1.54, 1.807) is 0 Å². The van der Waals surface area contributed by atoms with Gasteiger partial charge in [0.15, 0.2) is 0 Å². The summed E-state index contributed by atoms with van der Waals surface area (Å²) in [6.45, 7) is -1.42. The van der Waals surface area contributed by atoms with Crippen molar-refractivity contribution >= 4 is 9.84 Å². The van der Waals surface area contributed by atoms with Crippen LogP contribution in [0.1, 0.15) is 44.9 Å². The lowest BCUT2D eigenvalue weighted by Crippen LogP contribution is -2.47. The number of hydrogen-bond acceptors (Lipinski definition) is 4. The maximum atomic E-state index is 13.3. The number of halogens is 2. The molecular formula is C16H26F2O4S. The van der Waals surface area contributed by atoms with Crippen LogP contribution in [-0.4, -0.2) is 44.4 Å². The molecule has 1 atom stereocenters. The molecule has 4 nitrogen and oxygen atoms in total. The monoisotopic (exact) mass is 352 g/mol. The molecule has 7 heteroatoms. The Bertz CT molecular complexity index is 511. The minimum absolute atomic E-state index is 0.150. The highest BCUT2D eigenvalue weighted by atomic mass is 32.2. The topological polar surface area (TPSA) is 63.6 Å². The van der Waals surface area contributed by atoms with E-state index in [1.807, 2.05) is 0 Å². The molecule has 4 fully saturated rings. The van der Waals surface area contributed by atoms with Crippen molar-refractivity contribution in [3.8, 4) is 0 Å². The van der Waals surface area contributed by atoms with E-state index in [9.17, 15) is 22.3 Å². The Morgan fingerprint density at radius 1 is 1.17 bits per heavy atom. The molecule has 4 saturated carbocycles. The highest BCUT2D eigenvalue weighted by Crippen LogP contribution is 2.61. The Morgan fingerprint density at radius 3 is 2.09 bits per heavy atom. The van der Waals surface area contributed by atoms with E-state index in [1.165, 1.54) is 19.3 Å². The number of aliphatic hydroxyl groups excluding tert-OH is 1. The summed E-state index contributed by atoms with van der Waals surface area (Å²) >= 11 is 0. The second-order valence-corrected chi connectivity index (χ2v) is 10.3. The van der Waals surface area contributed by atoms with Gasteiger partial charge in [0.2, 0.25) is 9.84 Å². The van der Waals surface area contributed by atoms with Crippen LogP contribution < -0.4 is 0 Å². The quantitative estimate of drug-likeness (QED) is 0.765. The first-order valence-corrected chi connectivity index (χ1v) is 10.3. The molecular weight excluding hydrogens is 326 g/mol. The standard InChI is InChI=1S/C16H26F2O4S/c1-23(20,21)16(17,18)10-22-9-14(19)8-15-5-11-2-12(6-15)4-13(3-11)7-15/h11-14,19H,2-10H2,1H3. The number of hydrogen-bond donors (Lipinski definition) is 1. The van der Waals surface area contributed by atoms with Crippen molar-refractivity contribution in [2.45, 2.75) is 56.3 Å². The number of alkyl halides is 2. The zero-order valence-corrected chi connectivity index (χ0v) is 14.3. The predicted octanol–water partition coefficient (Wildman–Crippen LogP) is 2.61. The first kappa shape index (κ1) is 17.5. The van der Waals surface area contributed by atoms with Crippen LogP contribution in [0.2, 0.25) is 0 Å². The van der Waals surface area contributed by atoms with E-state index < -0.39 is 27.8 Å². The maximum absolute atomic E-state index is 13.3. The van der Waals surface area contributed by atoms with E-state index >= 15 is 0 Å². The molecule has 23 heavy (non-hydrogen) atoms. The van der Waals surface area contributed by atoms with Gasteiger partial charge >= 0.3 is 5.25 Å². The Labute approximate surface area is 136 Å². The molecule has 0 amide bonds. The third kappa shape index (κ3) is 3.71. The lowest BCUT2D eigenvalue weighted by atomic mass is 9.48. The van der Waals surface area contributed by atoms with Gasteiger partial charge in [-0.3, -0.25) is 0 Å². The molecule has 4 rings (SSSR count). The second kappa shape index (κ2) is 5.92. The molecule has 0 spiro atoms. The molecule has 4 aliphatic rings. The molecule has 134 valence electrons. The average molecular weight is 352 g/mol. The first-order valence-electron chi connectivity index (χ1n) is 8.42. The van der Waals surface area contributed by atoms with Gasteiger partial charge in [0, 0.05) is 6.26 Å². The fourth-order valence-corrected chi connectivity index (χ4v) is 5.82. The van der Waals surface area contributed by atoms with Gasteiger partial charge in [-0.2, -0.15) is 8.78 Å². The van der Waals surface area contributed by atoms with Crippen molar-refractivity contribution in [1.82, 2.24) is 0 Å². The van der Waals surface area contributed by atoms with Gasteiger partial charge in [-0.05, 0) is 68.1 Å². The van der Waals surface area contributed by atoms with E-state index in [4.69, 9.17) is 4.74 Å². The van der Waals surface area contributed by atoms with Gasteiger partial charge in [-0.25, -0.2) is 8.42 Å². The number of ether oxygens (including phenoxy) is 1. The SMILES string of the molecule is CS(=O)(=O)C(F)(F)COCC(O)CC12CC3CC(CC(C3)C1)C2. The van der Waals surface area contributed by atoms with Crippen LogP contribution in [0.4, 0.5) is 8.78 Å². The third-order valence-electron chi connectivity index (χ3n) is 5.96. The van der Waals surface area contributed by atoms with Crippen LogP contribution in [0, 0.1) is 23.2 Å². The summed E-state index contributed by atoms with van der Waals surface area (Å²) in [4.78, 5) is 0. The normalized spacial score (nSPS) is 38.0. The Hall–Kier alpha value is -0.270. The molecule has 0 radical (unpaired) electrons. The van der Waals surface area contributed by atoms with Crippen molar-refractivity contribution in [3.05, 3.63) is 0 Å². The van der Waals surface area contributed by atoms with Gasteiger partial charge in [0.05, 0.1) is 12.7 Å². The number of aliphatic hydroxyl groups is 1. The molecule has 0 aromatic rings. The largest absolute Gasteiger partial charge is 0.391 e. The molecule has 0 aromatic carbocycles. The van der Waals surface area contributed by atoms with Gasteiger partial charge in [0.25, 0.3) is 0 Å². The van der Waals surface area contributed by atoms with E-state index in [0.717, 1.165) is 37.0 Å². The van der Waals surface area contributed by atoms with E-state index in [-0.39, 0.29) is 12.0 Å². The lowest BCUT2D eigenvalue weighted by Gasteiger charge is -2.57. The second-order valence-electron chi connectivity index (χ2n) is 8.20. The predicted molar refractivity (Wildman–Crippen MR) is 81.8 cm³/mol. The highest BCUT2D eigenvalue weighted by molar-refractivity contribution is 7.91. The first-order chi connectivity index (χ1) is 10.6. The molecule has 4 bridgehead atoms. The summed E-state index contributed by atoms with van der Waals surface area (Å²) in [6.07, 6.45) is 7.61. The fourth-order valence-electron chi connectivity index (χ4n) is 5.52. The Kier molecular flexibility index (Phi) is 4.51. The summed E-state index contributed by atoms with van der Waals surface area (Å²) in [7, 11) is -4.48. The molecule has 1 unspecified atom stereocenters. The lowest BCUT2D eigenvalue weighted by molar-refractivity contribution is -0.0944. The molecule has 0 heterocycles. The minimum Gasteiger partial charge on any atom is -0.391 e. The van der Waals surface area contributed by atoms with Crippen molar-refractivity contribution in [1.29, 1.82) is 0 Å². The summed E-state index contributed by atoms with van der Waals surface area (Å²) in [5.41, 5.74) is 0.150. The molecule has 0 aliphatic heterocycles. The van der Waals surface area contributed by atoms with Crippen LogP contribution in [0.5, 0.6) is 0 Å². The van der Waals surface area contributed by atoms with E-state index in [2.05, 4.69) is 0 Å². The molecule has 1 N–H and O–H groups in total. The number of rotatable bonds is 7. The third-order valence-corrected chi connectivity index (χ3v) is 7.16. The van der Waals surface area contributed by atoms with Crippen LogP contribution in [-0.2, 0) is 14.6 Å². The minimum atomic E-state index is -4.48. The maximum Gasteiger partial charge on any atom is 0.367 e. The summed E-state index contributed by atoms with van der Waals surface area (Å²) in [5.74, 6) is 2.30. The number of sulfone groups is 1. The summed E-state index contributed by atoms with van der Waals surface area (Å²) in [5, 5.41) is 6.29. The van der Waals surface area contributed by atoms with Crippen LogP contribution >= 0.6 is 0 Å².